The van der Waals surface area contributed by atoms with Crippen LogP contribution in [-0.2, 0) is 4.74 Å². The number of rotatable bonds is 6. The molecule has 0 saturated carbocycles. The normalized spacial score (nSPS) is 10.0. The van der Waals surface area contributed by atoms with E-state index in [2.05, 4.69) is 25.7 Å². The third kappa shape index (κ3) is 5.72. The standard InChI is InChI=1S/C15H21NO2/c1-13(2)12-17-10-11-18-15-8-4-3-6-14(15)7-5-9-16/h3-4,6,8,13H,9-12,16H2,1-2H3. The minimum Gasteiger partial charge on any atom is -0.490 e. The highest BCUT2D eigenvalue weighted by atomic mass is 16.5. The van der Waals surface area contributed by atoms with Gasteiger partial charge in [-0.05, 0) is 18.1 Å². The number of nitrogens with two attached hydrogens (primary N) is 1. The number of ether oxygens (including phenoxy) is 2. The van der Waals surface area contributed by atoms with Crippen LogP contribution in [0.5, 0.6) is 5.75 Å². The van der Waals surface area contributed by atoms with Crippen molar-refractivity contribution < 1.29 is 9.47 Å². The van der Waals surface area contributed by atoms with Crippen LogP contribution in [-0.4, -0.2) is 26.4 Å². The molecule has 0 aliphatic rings. The molecule has 0 spiro atoms. The van der Waals surface area contributed by atoms with Crippen LogP contribution in [0.15, 0.2) is 24.3 Å². The molecule has 0 radical (unpaired) electrons. The van der Waals surface area contributed by atoms with Crippen molar-refractivity contribution >= 4 is 0 Å². The maximum atomic E-state index is 5.65. The second-order valence-electron chi connectivity index (χ2n) is 4.32. The summed E-state index contributed by atoms with van der Waals surface area (Å²) in [6, 6.07) is 7.69. The summed E-state index contributed by atoms with van der Waals surface area (Å²) < 4.78 is 11.1. The van der Waals surface area contributed by atoms with Gasteiger partial charge in [0.25, 0.3) is 0 Å². The third-order valence-corrected chi connectivity index (χ3v) is 2.15. The largest absolute Gasteiger partial charge is 0.490 e. The van der Waals surface area contributed by atoms with Gasteiger partial charge in [0.15, 0.2) is 0 Å². The maximum absolute atomic E-state index is 5.65. The molecule has 0 aliphatic carbocycles. The minimum atomic E-state index is 0.353. The quantitative estimate of drug-likeness (QED) is 0.618. The van der Waals surface area contributed by atoms with Gasteiger partial charge in [-0.15, -0.1) is 0 Å². The van der Waals surface area contributed by atoms with E-state index in [0.29, 0.717) is 25.7 Å². The van der Waals surface area contributed by atoms with E-state index in [1.165, 1.54) is 0 Å². The Hall–Kier alpha value is -1.50. The lowest BCUT2D eigenvalue weighted by atomic mass is 10.2. The summed E-state index contributed by atoms with van der Waals surface area (Å²) in [5.41, 5.74) is 6.23. The van der Waals surface area contributed by atoms with Crippen LogP contribution in [0.25, 0.3) is 0 Å². The van der Waals surface area contributed by atoms with E-state index < -0.39 is 0 Å². The summed E-state index contributed by atoms with van der Waals surface area (Å²) in [6.07, 6.45) is 0. The topological polar surface area (TPSA) is 44.5 Å². The molecule has 3 heteroatoms. The Labute approximate surface area is 109 Å². The summed E-state index contributed by atoms with van der Waals surface area (Å²) in [5.74, 6) is 7.15. The van der Waals surface area contributed by atoms with Gasteiger partial charge in [0.2, 0.25) is 0 Å². The van der Waals surface area contributed by atoms with E-state index in [9.17, 15) is 0 Å². The average Bonchev–Trinajstić information content (AvgIpc) is 2.36. The van der Waals surface area contributed by atoms with Gasteiger partial charge in [-0.3, -0.25) is 0 Å². The summed E-state index contributed by atoms with van der Waals surface area (Å²) in [7, 11) is 0. The highest BCUT2D eigenvalue weighted by molar-refractivity contribution is 5.45. The lowest BCUT2D eigenvalue weighted by molar-refractivity contribution is 0.0818. The summed E-state index contributed by atoms with van der Waals surface area (Å²) >= 11 is 0. The molecule has 1 aromatic carbocycles. The van der Waals surface area contributed by atoms with Crippen LogP contribution in [0.4, 0.5) is 0 Å². The van der Waals surface area contributed by atoms with E-state index in [0.717, 1.165) is 17.9 Å². The number of para-hydroxylation sites is 1. The van der Waals surface area contributed by atoms with Crippen molar-refractivity contribution in [1.82, 2.24) is 0 Å². The van der Waals surface area contributed by atoms with Gasteiger partial charge >= 0.3 is 0 Å². The van der Waals surface area contributed by atoms with Crippen LogP contribution in [0.2, 0.25) is 0 Å². The van der Waals surface area contributed by atoms with Crippen molar-refractivity contribution in [2.75, 3.05) is 26.4 Å². The molecule has 0 atom stereocenters. The second kappa shape index (κ2) is 8.57. The first kappa shape index (κ1) is 14.6. The monoisotopic (exact) mass is 247 g/mol. The predicted octanol–water partition coefficient (Wildman–Crippen LogP) is 2.05. The van der Waals surface area contributed by atoms with Gasteiger partial charge in [-0.1, -0.05) is 37.8 Å². The predicted molar refractivity (Wildman–Crippen MR) is 73.5 cm³/mol. The maximum Gasteiger partial charge on any atom is 0.135 e. The first-order valence-corrected chi connectivity index (χ1v) is 6.22. The van der Waals surface area contributed by atoms with E-state index in [4.69, 9.17) is 15.2 Å². The lowest BCUT2D eigenvalue weighted by Crippen LogP contribution is -2.10. The minimum absolute atomic E-state index is 0.353. The Bertz CT molecular complexity index is 404. The Morgan fingerprint density at radius 1 is 1.22 bits per heavy atom. The van der Waals surface area contributed by atoms with Gasteiger partial charge in [0.1, 0.15) is 12.4 Å². The second-order valence-corrected chi connectivity index (χ2v) is 4.32. The molecule has 98 valence electrons. The zero-order valence-electron chi connectivity index (χ0n) is 11.1. The first-order valence-electron chi connectivity index (χ1n) is 6.22. The van der Waals surface area contributed by atoms with Crippen LogP contribution in [0.1, 0.15) is 19.4 Å². The molecular weight excluding hydrogens is 226 g/mol. The van der Waals surface area contributed by atoms with Crippen molar-refractivity contribution in [3.8, 4) is 17.6 Å². The molecule has 0 aromatic heterocycles. The van der Waals surface area contributed by atoms with E-state index in [1.807, 2.05) is 24.3 Å². The van der Waals surface area contributed by atoms with Crippen molar-refractivity contribution in [2.24, 2.45) is 11.7 Å². The number of benzene rings is 1. The molecule has 0 amide bonds. The first-order chi connectivity index (χ1) is 8.74. The highest BCUT2D eigenvalue weighted by Gasteiger charge is 2.00. The summed E-state index contributed by atoms with van der Waals surface area (Å²) in [4.78, 5) is 0. The van der Waals surface area contributed by atoms with Gasteiger partial charge in [0, 0.05) is 6.61 Å². The Balaban J connectivity index is 2.42. The van der Waals surface area contributed by atoms with Crippen LogP contribution < -0.4 is 10.5 Å². The summed E-state index contributed by atoms with van der Waals surface area (Å²) in [6.45, 7) is 6.49. The number of hydrogen-bond donors (Lipinski definition) is 1. The smallest absolute Gasteiger partial charge is 0.135 e. The zero-order valence-corrected chi connectivity index (χ0v) is 11.1. The third-order valence-electron chi connectivity index (χ3n) is 2.15. The highest BCUT2D eigenvalue weighted by Crippen LogP contribution is 2.16. The van der Waals surface area contributed by atoms with Crippen LogP contribution in [0.3, 0.4) is 0 Å². The van der Waals surface area contributed by atoms with E-state index in [1.54, 1.807) is 0 Å². The van der Waals surface area contributed by atoms with Crippen molar-refractivity contribution in [2.45, 2.75) is 13.8 Å². The van der Waals surface area contributed by atoms with Gasteiger partial charge < -0.3 is 15.2 Å². The molecule has 0 unspecified atom stereocenters. The van der Waals surface area contributed by atoms with Crippen molar-refractivity contribution in [3.63, 3.8) is 0 Å². The van der Waals surface area contributed by atoms with Crippen molar-refractivity contribution in [3.05, 3.63) is 29.8 Å². The summed E-state index contributed by atoms with van der Waals surface area (Å²) in [5, 5.41) is 0. The molecule has 1 aromatic rings. The molecule has 1 rings (SSSR count). The van der Waals surface area contributed by atoms with Gasteiger partial charge in [-0.2, -0.15) is 0 Å². The van der Waals surface area contributed by atoms with Crippen LogP contribution in [0, 0.1) is 17.8 Å². The van der Waals surface area contributed by atoms with E-state index in [-0.39, 0.29) is 0 Å². The zero-order chi connectivity index (χ0) is 13.2. The molecule has 0 bridgehead atoms. The van der Waals surface area contributed by atoms with Crippen molar-refractivity contribution in [1.29, 1.82) is 0 Å². The lowest BCUT2D eigenvalue weighted by Gasteiger charge is -2.09. The molecule has 0 saturated heterocycles. The fourth-order valence-electron chi connectivity index (χ4n) is 1.37. The number of hydrogen-bond acceptors (Lipinski definition) is 3. The molecule has 3 nitrogen and oxygen atoms in total. The average molecular weight is 247 g/mol. The van der Waals surface area contributed by atoms with Crippen LogP contribution >= 0.6 is 0 Å². The molecular formula is C15H21NO2. The SMILES string of the molecule is CC(C)COCCOc1ccccc1C#CCN. The van der Waals surface area contributed by atoms with E-state index >= 15 is 0 Å². The molecule has 2 N–H and O–H groups in total. The fourth-order valence-corrected chi connectivity index (χ4v) is 1.37. The Morgan fingerprint density at radius 2 is 2.00 bits per heavy atom. The molecule has 0 aliphatic heterocycles. The van der Waals surface area contributed by atoms with Gasteiger partial charge in [0.05, 0.1) is 18.7 Å². The Morgan fingerprint density at radius 3 is 2.72 bits per heavy atom. The molecule has 0 fully saturated rings. The fraction of sp³-hybridized carbons (Fsp3) is 0.467. The Kier molecular flexibility index (Phi) is 6.93. The molecule has 0 heterocycles. The van der Waals surface area contributed by atoms with Gasteiger partial charge in [-0.25, -0.2) is 0 Å². The molecule has 18 heavy (non-hydrogen) atoms.